The van der Waals surface area contributed by atoms with Gasteiger partial charge < -0.3 is 9.64 Å². The van der Waals surface area contributed by atoms with E-state index in [4.69, 9.17) is 4.74 Å². The van der Waals surface area contributed by atoms with Crippen LogP contribution in [0.25, 0.3) is 0 Å². The summed E-state index contributed by atoms with van der Waals surface area (Å²) in [5.74, 6) is 0.398. The van der Waals surface area contributed by atoms with Gasteiger partial charge in [-0.15, -0.1) is 0 Å². The van der Waals surface area contributed by atoms with E-state index in [9.17, 15) is 17.8 Å². The zero-order chi connectivity index (χ0) is 21.3. The number of hydrogen-bond donors (Lipinski definition) is 1. The SMILES string of the molecule is Cc1ccc(S(=O)(=O)O)c(CC2CN(C(=O)c3ccccc3)c3ccccc3O2)c1. The molecule has 0 radical (unpaired) electrons. The molecule has 0 fully saturated rings. The predicted molar refractivity (Wildman–Crippen MR) is 114 cm³/mol. The number of para-hydroxylation sites is 2. The highest BCUT2D eigenvalue weighted by atomic mass is 32.2. The molecule has 6 nitrogen and oxygen atoms in total. The Balaban J connectivity index is 1.69. The van der Waals surface area contributed by atoms with E-state index in [1.165, 1.54) is 6.07 Å². The Morgan fingerprint density at radius 1 is 1.07 bits per heavy atom. The van der Waals surface area contributed by atoms with Gasteiger partial charge in [-0.25, -0.2) is 0 Å². The maximum atomic E-state index is 13.2. The highest BCUT2D eigenvalue weighted by molar-refractivity contribution is 7.85. The number of ether oxygens (including phenoxy) is 1. The van der Waals surface area contributed by atoms with E-state index in [-0.39, 0.29) is 23.8 Å². The first-order chi connectivity index (χ1) is 14.3. The van der Waals surface area contributed by atoms with Crippen molar-refractivity contribution in [1.29, 1.82) is 0 Å². The van der Waals surface area contributed by atoms with Crippen molar-refractivity contribution in [2.45, 2.75) is 24.3 Å². The monoisotopic (exact) mass is 423 g/mol. The lowest BCUT2D eigenvalue weighted by molar-refractivity contribution is 0.0955. The van der Waals surface area contributed by atoms with Crippen LogP contribution in [0.15, 0.2) is 77.7 Å². The molecule has 1 aliphatic heterocycles. The molecule has 154 valence electrons. The van der Waals surface area contributed by atoms with Crippen molar-refractivity contribution in [3.8, 4) is 5.75 Å². The second-order valence-electron chi connectivity index (χ2n) is 7.28. The van der Waals surface area contributed by atoms with Crippen molar-refractivity contribution in [1.82, 2.24) is 0 Å². The van der Waals surface area contributed by atoms with Crippen molar-refractivity contribution < 1.29 is 22.5 Å². The average Bonchev–Trinajstić information content (AvgIpc) is 2.72. The smallest absolute Gasteiger partial charge is 0.294 e. The summed E-state index contributed by atoms with van der Waals surface area (Å²) in [6.07, 6.45) is -0.251. The molecular weight excluding hydrogens is 402 g/mol. The Kier molecular flexibility index (Phi) is 5.32. The minimum absolute atomic E-state index is 0.142. The molecular formula is C23H21NO5S. The molecule has 1 atom stereocenters. The van der Waals surface area contributed by atoms with Gasteiger partial charge in [0.1, 0.15) is 11.9 Å². The number of hydrogen-bond acceptors (Lipinski definition) is 4. The number of anilines is 1. The summed E-state index contributed by atoms with van der Waals surface area (Å²) in [7, 11) is -4.37. The van der Waals surface area contributed by atoms with Crippen LogP contribution in [0, 0.1) is 6.92 Å². The first kappa shape index (κ1) is 20.1. The summed E-state index contributed by atoms with van der Waals surface area (Å²) >= 11 is 0. The number of carbonyl (C=O) groups is 1. The molecule has 1 aliphatic rings. The predicted octanol–water partition coefficient (Wildman–Crippen LogP) is 3.89. The summed E-state index contributed by atoms with van der Waals surface area (Å²) in [6.45, 7) is 2.10. The number of fused-ring (bicyclic) bond motifs is 1. The van der Waals surface area contributed by atoms with Gasteiger partial charge in [-0.3, -0.25) is 9.35 Å². The molecule has 0 saturated heterocycles. The summed E-state index contributed by atoms with van der Waals surface area (Å²) < 4.78 is 39.3. The first-order valence-electron chi connectivity index (χ1n) is 9.52. The second kappa shape index (κ2) is 7.93. The lowest BCUT2D eigenvalue weighted by atomic mass is 10.0. The minimum Gasteiger partial charge on any atom is -0.486 e. The highest BCUT2D eigenvalue weighted by Crippen LogP contribution is 2.35. The highest BCUT2D eigenvalue weighted by Gasteiger charge is 2.31. The third kappa shape index (κ3) is 4.08. The topological polar surface area (TPSA) is 83.9 Å². The molecule has 0 spiro atoms. The van der Waals surface area contributed by atoms with Gasteiger partial charge in [0.2, 0.25) is 0 Å². The molecule has 0 aliphatic carbocycles. The summed E-state index contributed by atoms with van der Waals surface area (Å²) in [6, 6.07) is 21.0. The molecule has 3 aromatic rings. The van der Waals surface area contributed by atoms with Crippen LogP contribution in [0.3, 0.4) is 0 Å². The molecule has 1 amide bonds. The van der Waals surface area contributed by atoms with E-state index < -0.39 is 16.2 Å². The van der Waals surface area contributed by atoms with Crippen LogP contribution in [0.1, 0.15) is 21.5 Å². The summed E-state index contributed by atoms with van der Waals surface area (Å²) in [5, 5.41) is 0. The van der Waals surface area contributed by atoms with Crippen molar-refractivity contribution in [3.63, 3.8) is 0 Å². The van der Waals surface area contributed by atoms with Crippen LogP contribution in [0.5, 0.6) is 5.75 Å². The Bertz CT molecular complexity index is 1190. The summed E-state index contributed by atoms with van der Waals surface area (Å²) in [5.41, 5.74) is 2.55. The van der Waals surface area contributed by atoms with Crippen LogP contribution in [0.4, 0.5) is 5.69 Å². The zero-order valence-corrected chi connectivity index (χ0v) is 17.2. The second-order valence-corrected chi connectivity index (χ2v) is 8.67. The van der Waals surface area contributed by atoms with E-state index in [0.29, 0.717) is 22.6 Å². The van der Waals surface area contributed by atoms with Crippen LogP contribution in [-0.2, 0) is 16.5 Å². The maximum absolute atomic E-state index is 13.2. The fourth-order valence-electron chi connectivity index (χ4n) is 3.70. The fourth-order valence-corrected chi connectivity index (χ4v) is 4.41. The molecule has 0 bridgehead atoms. The van der Waals surface area contributed by atoms with E-state index in [0.717, 1.165) is 5.56 Å². The van der Waals surface area contributed by atoms with Crippen molar-refractivity contribution in [3.05, 3.63) is 89.5 Å². The van der Waals surface area contributed by atoms with Gasteiger partial charge in [0.15, 0.2) is 0 Å². The zero-order valence-electron chi connectivity index (χ0n) is 16.4. The van der Waals surface area contributed by atoms with E-state index in [1.54, 1.807) is 35.2 Å². The normalized spacial score (nSPS) is 15.9. The Labute approximate surface area is 175 Å². The van der Waals surface area contributed by atoms with E-state index in [1.807, 2.05) is 43.3 Å². The molecule has 30 heavy (non-hydrogen) atoms. The molecule has 1 N–H and O–H groups in total. The Morgan fingerprint density at radius 2 is 1.77 bits per heavy atom. The standard InChI is InChI=1S/C23H21NO5S/c1-16-11-12-22(30(26,27)28)18(13-16)14-19-15-24(20-9-5-6-10-21(20)29-19)23(25)17-7-3-2-4-8-17/h2-13,19H,14-15H2,1H3,(H,26,27,28). The van der Waals surface area contributed by atoms with Crippen LogP contribution >= 0.6 is 0 Å². The van der Waals surface area contributed by atoms with Gasteiger partial charge in [-0.2, -0.15) is 8.42 Å². The minimum atomic E-state index is -4.37. The number of aryl methyl sites for hydroxylation is 1. The average molecular weight is 423 g/mol. The van der Waals surface area contributed by atoms with Crippen LogP contribution in [0.2, 0.25) is 0 Å². The van der Waals surface area contributed by atoms with Gasteiger partial charge in [-0.05, 0) is 42.8 Å². The molecule has 0 saturated carbocycles. The molecule has 1 unspecified atom stereocenters. The number of benzene rings is 3. The van der Waals surface area contributed by atoms with Gasteiger partial charge in [0, 0.05) is 12.0 Å². The first-order valence-corrected chi connectivity index (χ1v) is 11.0. The van der Waals surface area contributed by atoms with Gasteiger partial charge in [-0.1, -0.05) is 48.0 Å². The fraction of sp³-hybridized carbons (Fsp3) is 0.174. The number of amides is 1. The third-order valence-corrected chi connectivity index (χ3v) is 6.00. The molecule has 0 aromatic heterocycles. The molecule has 7 heteroatoms. The van der Waals surface area contributed by atoms with Crippen LogP contribution in [-0.4, -0.2) is 31.5 Å². The molecule has 1 heterocycles. The van der Waals surface area contributed by atoms with Crippen molar-refractivity contribution >= 4 is 21.7 Å². The quantitative estimate of drug-likeness (QED) is 0.644. The lowest BCUT2D eigenvalue weighted by Gasteiger charge is -2.35. The third-order valence-electron chi connectivity index (χ3n) is 5.04. The van der Waals surface area contributed by atoms with Gasteiger partial charge in [0.05, 0.1) is 17.1 Å². The van der Waals surface area contributed by atoms with E-state index >= 15 is 0 Å². The van der Waals surface area contributed by atoms with Crippen molar-refractivity contribution in [2.24, 2.45) is 0 Å². The summed E-state index contributed by atoms with van der Waals surface area (Å²) in [4.78, 5) is 14.7. The molecule has 3 aromatic carbocycles. The van der Waals surface area contributed by atoms with Gasteiger partial charge in [0.25, 0.3) is 16.0 Å². The lowest BCUT2D eigenvalue weighted by Crippen LogP contribution is -2.44. The Hall–Kier alpha value is -3.16. The maximum Gasteiger partial charge on any atom is 0.294 e. The number of rotatable bonds is 4. The van der Waals surface area contributed by atoms with E-state index in [2.05, 4.69) is 0 Å². The Morgan fingerprint density at radius 3 is 2.50 bits per heavy atom. The van der Waals surface area contributed by atoms with Crippen LogP contribution < -0.4 is 9.64 Å². The van der Waals surface area contributed by atoms with Gasteiger partial charge >= 0.3 is 0 Å². The number of nitrogens with zero attached hydrogens (tertiary/aromatic N) is 1. The largest absolute Gasteiger partial charge is 0.486 e. The number of carbonyl (C=O) groups excluding carboxylic acids is 1. The molecule has 4 rings (SSSR count). The van der Waals surface area contributed by atoms with Crippen molar-refractivity contribution in [2.75, 3.05) is 11.4 Å².